The fraction of sp³-hybridized carbons (Fsp3) is 0.895. The Morgan fingerprint density at radius 1 is 1.11 bits per heavy atom. The molecule has 2 rings (SSSR count). The van der Waals surface area contributed by atoms with E-state index >= 15 is 0 Å². The van der Waals surface area contributed by atoms with Gasteiger partial charge in [-0.2, -0.15) is 0 Å². The van der Waals surface area contributed by atoms with Crippen molar-refractivity contribution in [3.63, 3.8) is 0 Å². The van der Waals surface area contributed by atoms with Gasteiger partial charge in [0, 0.05) is 38.8 Å². The zero-order chi connectivity index (χ0) is 18.8. The summed E-state index contributed by atoms with van der Waals surface area (Å²) in [7, 11) is 1.70. The van der Waals surface area contributed by atoms with E-state index in [1.807, 2.05) is 0 Å². The van der Waals surface area contributed by atoms with Crippen LogP contribution in [0, 0.1) is 0 Å². The summed E-state index contributed by atoms with van der Waals surface area (Å²) in [5, 5.41) is 9.71. The van der Waals surface area contributed by atoms with Crippen LogP contribution < -0.4 is 16.0 Å². The molecule has 2 aliphatic heterocycles. The predicted octanol–water partition coefficient (Wildman–Crippen LogP) is 1.24. The zero-order valence-corrected chi connectivity index (χ0v) is 19.6. The van der Waals surface area contributed by atoms with E-state index in [2.05, 4.69) is 39.6 Å². The summed E-state index contributed by atoms with van der Waals surface area (Å²) < 4.78 is 0. The van der Waals surface area contributed by atoms with Gasteiger partial charge >= 0.3 is 0 Å². The molecule has 3 N–H and O–H groups in total. The van der Waals surface area contributed by atoms with Crippen LogP contribution in [0.5, 0.6) is 0 Å². The number of guanidine groups is 1. The van der Waals surface area contributed by atoms with Gasteiger partial charge < -0.3 is 16.0 Å². The number of carbonyl (C=O) groups excluding carboxylic acids is 1. The summed E-state index contributed by atoms with van der Waals surface area (Å²) in [6, 6.07) is 1.01. The van der Waals surface area contributed by atoms with E-state index in [4.69, 9.17) is 4.99 Å². The first-order valence-electron chi connectivity index (χ1n) is 10.4. The fourth-order valence-corrected chi connectivity index (χ4v) is 3.91. The Morgan fingerprint density at radius 3 is 2.48 bits per heavy atom. The molecular formula is C19H39IN6O. The van der Waals surface area contributed by atoms with Crippen LogP contribution in [0.1, 0.15) is 46.0 Å². The fourth-order valence-electron chi connectivity index (χ4n) is 3.91. The van der Waals surface area contributed by atoms with E-state index in [9.17, 15) is 4.79 Å². The highest BCUT2D eigenvalue weighted by Crippen LogP contribution is 2.16. The van der Waals surface area contributed by atoms with Crippen LogP contribution in [0.3, 0.4) is 0 Å². The molecule has 0 aromatic carbocycles. The lowest BCUT2D eigenvalue weighted by Gasteiger charge is -2.34. The number of hydrogen-bond donors (Lipinski definition) is 3. The van der Waals surface area contributed by atoms with Gasteiger partial charge in [0.1, 0.15) is 0 Å². The Labute approximate surface area is 182 Å². The van der Waals surface area contributed by atoms with Gasteiger partial charge in [-0.15, -0.1) is 24.0 Å². The van der Waals surface area contributed by atoms with Gasteiger partial charge in [-0.1, -0.05) is 13.3 Å². The average molecular weight is 494 g/mol. The molecule has 2 heterocycles. The highest BCUT2D eigenvalue weighted by Gasteiger charge is 2.23. The van der Waals surface area contributed by atoms with Crippen molar-refractivity contribution in [2.24, 2.45) is 4.99 Å². The molecule has 0 spiro atoms. The smallest absolute Gasteiger partial charge is 0.233 e. The number of aliphatic imine (C=N–C) groups is 1. The number of carbonyl (C=O) groups is 1. The molecule has 8 heteroatoms. The van der Waals surface area contributed by atoms with Crippen molar-refractivity contribution in [2.45, 2.75) is 58.0 Å². The normalized spacial score (nSPS) is 22.8. The molecule has 0 radical (unpaired) electrons. The molecule has 0 aromatic rings. The third-order valence-corrected chi connectivity index (χ3v) is 5.53. The van der Waals surface area contributed by atoms with Crippen molar-refractivity contribution in [1.29, 1.82) is 0 Å². The summed E-state index contributed by atoms with van der Waals surface area (Å²) in [6.07, 6.45) is 6.00. The Balaban J connectivity index is 0.00000364. The van der Waals surface area contributed by atoms with Crippen LogP contribution in [0.2, 0.25) is 0 Å². The van der Waals surface area contributed by atoms with E-state index in [0.717, 1.165) is 51.5 Å². The van der Waals surface area contributed by atoms with Gasteiger partial charge in [0.2, 0.25) is 5.91 Å². The Morgan fingerprint density at radius 2 is 1.85 bits per heavy atom. The highest BCUT2D eigenvalue weighted by atomic mass is 127. The Bertz CT molecular complexity index is 453. The molecule has 158 valence electrons. The molecule has 1 unspecified atom stereocenters. The molecule has 0 aromatic heterocycles. The third-order valence-electron chi connectivity index (χ3n) is 5.53. The number of halogens is 1. The maximum Gasteiger partial charge on any atom is 0.233 e. The van der Waals surface area contributed by atoms with Crippen molar-refractivity contribution >= 4 is 35.8 Å². The summed E-state index contributed by atoms with van der Waals surface area (Å²) in [6.45, 7) is 10.9. The SMILES string of the molecule is CCNC(=NCC1CCCCN1CC)NC1CCN(CC(=O)NC)CC1.I. The van der Waals surface area contributed by atoms with Crippen LogP contribution >= 0.6 is 24.0 Å². The molecule has 2 saturated heterocycles. The van der Waals surface area contributed by atoms with Crippen LogP contribution in [0.4, 0.5) is 0 Å². The number of amides is 1. The lowest BCUT2D eigenvalue weighted by atomic mass is 10.0. The minimum Gasteiger partial charge on any atom is -0.358 e. The third kappa shape index (κ3) is 8.51. The minimum atomic E-state index is 0. The molecule has 7 nitrogen and oxygen atoms in total. The first-order valence-corrected chi connectivity index (χ1v) is 10.4. The molecule has 2 aliphatic rings. The number of nitrogens with one attached hydrogen (secondary N) is 3. The minimum absolute atomic E-state index is 0. The highest BCUT2D eigenvalue weighted by molar-refractivity contribution is 14.0. The molecule has 1 amide bonds. The summed E-state index contributed by atoms with van der Waals surface area (Å²) in [5.74, 6) is 1.04. The molecular weight excluding hydrogens is 455 g/mol. The summed E-state index contributed by atoms with van der Waals surface area (Å²) >= 11 is 0. The maximum absolute atomic E-state index is 11.5. The standard InChI is InChI=1S/C19H38N6O.HI/c1-4-21-19(22-14-17-8-6-7-11-25(17)5-2)23-16-9-12-24(13-10-16)15-18(26)20-3;/h16-17H,4-15H2,1-3H3,(H,20,26)(H2,21,22,23);1H. The van der Waals surface area contributed by atoms with E-state index in [1.165, 1.54) is 25.8 Å². The van der Waals surface area contributed by atoms with Gasteiger partial charge in [-0.3, -0.25) is 19.6 Å². The number of rotatable bonds is 7. The first kappa shape index (κ1) is 24.4. The summed E-state index contributed by atoms with van der Waals surface area (Å²) in [4.78, 5) is 21.2. The second-order valence-electron chi connectivity index (χ2n) is 7.37. The quantitative estimate of drug-likeness (QED) is 0.282. The predicted molar refractivity (Wildman–Crippen MR) is 123 cm³/mol. The lowest BCUT2D eigenvalue weighted by molar-refractivity contribution is -0.122. The Hall–Kier alpha value is -0.610. The largest absolute Gasteiger partial charge is 0.358 e. The van der Waals surface area contributed by atoms with Crippen LogP contribution in [0.25, 0.3) is 0 Å². The Kier molecular flexibility index (Phi) is 12.3. The number of likely N-dealkylation sites (tertiary alicyclic amines) is 2. The number of nitrogens with zero attached hydrogens (tertiary/aromatic N) is 3. The van der Waals surface area contributed by atoms with Crippen molar-refractivity contribution in [1.82, 2.24) is 25.8 Å². The molecule has 1 atom stereocenters. The van der Waals surface area contributed by atoms with Crippen LogP contribution in [0.15, 0.2) is 4.99 Å². The second kappa shape index (κ2) is 13.5. The maximum atomic E-state index is 11.5. The number of hydrogen-bond acceptors (Lipinski definition) is 4. The van der Waals surface area contributed by atoms with Gasteiger partial charge in [-0.25, -0.2) is 0 Å². The topological polar surface area (TPSA) is 72.0 Å². The molecule has 27 heavy (non-hydrogen) atoms. The molecule has 2 fully saturated rings. The van der Waals surface area contributed by atoms with E-state index < -0.39 is 0 Å². The molecule has 0 bridgehead atoms. The summed E-state index contributed by atoms with van der Waals surface area (Å²) in [5.41, 5.74) is 0. The van der Waals surface area contributed by atoms with E-state index in [0.29, 0.717) is 18.6 Å². The van der Waals surface area contributed by atoms with Crippen LogP contribution in [-0.4, -0.2) is 86.6 Å². The first-order chi connectivity index (χ1) is 12.7. The van der Waals surface area contributed by atoms with Crippen molar-refractivity contribution in [3.8, 4) is 0 Å². The number of likely N-dealkylation sites (N-methyl/N-ethyl adjacent to an activating group) is 2. The molecule has 0 saturated carbocycles. The number of piperidine rings is 2. The van der Waals surface area contributed by atoms with Gasteiger partial charge in [0.05, 0.1) is 13.1 Å². The van der Waals surface area contributed by atoms with Crippen molar-refractivity contribution < 1.29 is 4.79 Å². The average Bonchev–Trinajstić information content (AvgIpc) is 2.67. The second-order valence-corrected chi connectivity index (χ2v) is 7.37. The van der Waals surface area contributed by atoms with Crippen molar-refractivity contribution in [3.05, 3.63) is 0 Å². The molecule has 0 aliphatic carbocycles. The van der Waals surface area contributed by atoms with E-state index in [1.54, 1.807) is 7.05 Å². The van der Waals surface area contributed by atoms with Gasteiger partial charge in [0.15, 0.2) is 5.96 Å². The van der Waals surface area contributed by atoms with Gasteiger partial charge in [-0.05, 0) is 45.7 Å². The van der Waals surface area contributed by atoms with Gasteiger partial charge in [0.25, 0.3) is 0 Å². The van der Waals surface area contributed by atoms with E-state index in [-0.39, 0.29) is 29.9 Å². The monoisotopic (exact) mass is 494 g/mol. The lowest BCUT2D eigenvalue weighted by Crippen LogP contribution is -2.50. The zero-order valence-electron chi connectivity index (χ0n) is 17.3. The van der Waals surface area contributed by atoms with Crippen molar-refractivity contribution in [2.75, 3.05) is 52.9 Å². The van der Waals surface area contributed by atoms with Crippen LogP contribution in [-0.2, 0) is 4.79 Å².